The average molecular weight is 337 g/mol. The van der Waals surface area contributed by atoms with Gasteiger partial charge in [0.1, 0.15) is 5.69 Å². The van der Waals surface area contributed by atoms with Gasteiger partial charge in [0.2, 0.25) is 10.0 Å². The summed E-state index contributed by atoms with van der Waals surface area (Å²) in [6.45, 7) is 1.40. The molecule has 0 saturated carbocycles. The van der Waals surface area contributed by atoms with Gasteiger partial charge in [0, 0.05) is 19.0 Å². The highest BCUT2D eigenvalue weighted by molar-refractivity contribution is 7.92. The Morgan fingerprint density at radius 3 is 2.78 bits per heavy atom. The SMILES string of the molecule is Cn1nc2cc(N(C3CCNC3)S(C)(=O)=O)ccc2c1C(N)=O. The number of benzene rings is 1. The Labute approximate surface area is 134 Å². The molecule has 1 aromatic heterocycles. The topological polar surface area (TPSA) is 110 Å². The van der Waals surface area contributed by atoms with Crippen LogP contribution in [0.15, 0.2) is 18.2 Å². The molecule has 0 aliphatic carbocycles. The fraction of sp³-hybridized carbons (Fsp3) is 0.429. The van der Waals surface area contributed by atoms with Gasteiger partial charge in [-0.2, -0.15) is 5.10 Å². The molecule has 1 aromatic carbocycles. The minimum absolute atomic E-state index is 0.123. The zero-order valence-electron chi connectivity index (χ0n) is 13.0. The lowest BCUT2D eigenvalue weighted by molar-refractivity contribution is 0.0993. The number of aryl methyl sites for hydroxylation is 1. The highest BCUT2D eigenvalue weighted by atomic mass is 32.2. The van der Waals surface area contributed by atoms with Crippen molar-refractivity contribution in [1.82, 2.24) is 15.1 Å². The van der Waals surface area contributed by atoms with E-state index in [1.807, 2.05) is 0 Å². The first-order valence-corrected chi connectivity index (χ1v) is 9.10. The van der Waals surface area contributed by atoms with E-state index in [0.29, 0.717) is 28.8 Å². The largest absolute Gasteiger partial charge is 0.364 e. The van der Waals surface area contributed by atoms with Crippen LogP contribution in [0.25, 0.3) is 10.9 Å². The van der Waals surface area contributed by atoms with Crippen LogP contribution in [0.2, 0.25) is 0 Å². The van der Waals surface area contributed by atoms with Crippen LogP contribution in [0, 0.1) is 0 Å². The number of nitrogens with two attached hydrogens (primary N) is 1. The molecule has 1 amide bonds. The number of fused-ring (bicyclic) bond motifs is 1. The number of anilines is 1. The second kappa shape index (κ2) is 5.50. The van der Waals surface area contributed by atoms with E-state index < -0.39 is 15.9 Å². The van der Waals surface area contributed by atoms with Gasteiger partial charge in [-0.1, -0.05) is 0 Å². The van der Waals surface area contributed by atoms with Crippen LogP contribution in [0.4, 0.5) is 5.69 Å². The summed E-state index contributed by atoms with van der Waals surface area (Å²) in [5.74, 6) is -0.567. The number of carbonyl (C=O) groups excluding carboxylic acids is 1. The summed E-state index contributed by atoms with van der Waals surface area (Å²) in [4.78, 5) is 11.5. The van der Waals surface area contributed by atoms with Crippen LogP contribution >= 0.6 is 0 Å². The standard InChI is InChI=1S/C14H19N5O3S/c1-18-13(14(15)20)11-4-3-9(7-12(11)17-18)19(23(2,21)22)10-5-6-16-8-10/h3-4,7,10,16H,5-6,8H2,1-2H3,(H2,15,20). The van der Waals surface area contributed by atoms with Crippen LogP contribution in [0.5, 0.6) is 0 Å². The maximum Gasteiger partial charge on any atom is 0.267 e. The Bertz CT molecular complexity index is 868. The minimum atomic E-state index is -3.42. The van der Waals surface area contributed by atoms with E-state index in [9.17, 15) is 13.2 Å². The van der Waals surface area contributed by atoms with Crippen molar-refractivity contribution in [3.8, 4) is 0 Å². The number of aromatic nitrogens is 2. The summed E-state index contributed by atoms with van der Waals surface area (Å²) in [6.07, 6.45) is 1.95. The van der Waals surface area contributed by atoms with Crippen LogP contribution in [-0.2, 0) is 17.1 Å². The minimum Gasteiger partial charge on any atom is -0.364 e. The molecule has 0 spiro atoms. The van der Waals surface area contributed by atoms with Crippen molar-refractivity contribution < 1.29 is 13.2 Å². The molecular weight excluding hydrogens is 318 g/mol. The van der Waals surface area contributed by atoms with Gasteiger partial charge in [-0.15, -0.1) is 0 Å². The van der Waals surface area contributed by atoms with Crippen molar-refractivity contribution in [3.63, 3.8) is 0 Å². The second-order valence-electron chi connectivity index (χ2n) is 5.74. The van der Waals surface area contributed by atoms with E-state index in [-0.39, 0.29) is 6.04 Å². The molecule has 3 N–H and O–H groups in total. The van der Waals surface area contributed by atoms with Gasteiger partial charge < -0.3 is 11.1 Å². The van der Waals surface area contributed by atoms with Crippen LogP contribution < -0.4 is 15.4 Å². The third kappa shape index (κ3) is 2.77. The van der Waals surface area contributed by atoms with E-state index in [0.717, 1.165) is 13.0 Å². The molecule has 3 rings (SSSR count). The van der Waals surface area contributed by atoms with E-state index in [1.165, 1.54) is 15.2 Å². The molecule has 1 saturated heterocycles. The molecule has 1 aliphatic heterocycles. The predicted molar refractivity (Wildman–Crippen MR) is 87.8 cm³/mol. The molecule has 0 radical (unpaired) electrons. The molecule has 2 aromatic rings. The lowest BCUT2D eigenvalue weighted by atomic mass is 10.1. The number of nitrogens with one attached hydrogen (secondary N) is 1. The average Bonchev–Trinajstić information content (AvgIpc) is 3.03. The van der Waals surface area contributed by atoms with Gasteiger partial charge in [0.25, 0.3) is 5.91 Å². The molecule has 0 bridgehead atoms. The van der Waals surface area contributed by atoms with Crippen molar-refractivity contribution >= 4 is 32.5 Å². The van der Waals surface area contributed by atoms with Crippen LogP contribution in [0.1, 0.15) is 16.9 Å². The summed E-state index contributed by atoms with van der Waals surface area (Å²) in [5, 5.41) is 8.05. The number of hydrogen-bond acceptors (Lipinski definition) is 5. The Balaban J connectivity index is 2.13. The summed E-state index contributed by atoms with van der Waals surface area (Å²) < 4.78 is 27.3. The normalized spacial score (nSPS) is 18.4. The maximum atomic E-state index is 12.2. The van der Waals surface area contributed by atoms with E-state index in [4.69, 9.17) is 5.73 Å². The highest BCUT2D eigenvalue weighted by Crippen LogP contribution is 2.28. The van der Waals surface area contributed by atoms with Crippen molar-refractivity contribution in [1.29, 1.82) is 0 Å². The van der Waals surface area contributed by atoms with E-state index in [1.54, 1.807) is 25.2 Å². The zero-order chi connectivity index (χ0) is 16.8. The molecular formula is C14H19N5O3S. The van der Waals surface area contributed by atoms with Crippen molar-refractivity contribution in [3.05, 3.63) is 23.9 Å². The monoisotopic (exact) mass is 337 g/mol. The molecule has 8 nitrogen and oxygen atoms in total. The number of rotatable bonds is 4. The molecule has 9 heteroatoms. The fourth-order valence-electron chi connectivity index (χ4n) is 3.13. The Hall–Kier alpha value is -2.13. The van der Waals surface area contributed by atoms with Gasteiger partial charge in [-0.05, 0) is 31.2 Å². The number of sulfonamides is 1. The molecule has 1 atom stereocenters. The lowest BCUT2D eigenvalue weighted by Gasteiger charge is -2.28. The van der Waals surface area contributed by atoms with Gasteiger partial charge in [0.05, 0.1) is 23.5 Å². The van der Waals surface area contributed by atoms with Crippen molar-refractivity contribution in [2.45, 2.75) is 12.5 Å². The Morgan fingerprint density at radius 1 is 1.48 bits per heavy atom. The van der Waals surface area contributed by atoms with Gasteiger partial charge in [-0.3, -0.25) is 13.8 Å². The Morgan fingerprint density at radius 2 is 2.22 bits per heavy atom. The van der Waals surface area contributed by atoms with Gasteiger partial charge in [0.15, 0.2) is 0 Å². The zero-order valence-corrected chi connectivity index (χ0v) is 13.8. The maximum absolute atomic E-state index is 12.2. The van der Waals surface area contributed by atoms with Gasteiger partial charge >= 0.3 is 0 Å². The summed E-state index contributed by atoms with van der Waals surface area (Å²) >= 11 is 0. The fourth-order valence-corrected chi connectivity index (χ4v) is 4.35. The molecule has 2 heterocycles. The van der Waals surface area contributed by atoms with Crippen molar-refractivity contribution in [2.75, 3.05) is 23.7 Å². The number of carbonyl (C=O) groups is 1. The number of hydrogen-bond donors (Lipinski definition) is 2. The molecule has 1 aliphatic rings. The highest BCUT2D eigenvalue weighted by Gasteiger charge is 2.30. The summed E-state index contributed by atoms with van der Waals surface area (Å²) in [6, 6.07) is 4.94. The third-order valence-electron chi connectivity index (χ3n) is 4.03. The van der Waals surface area contributed by atoms with Crippen LogP contribution in [0.3, 0.4) is 0 Å². The van der Waals surface area contributed by atoms with Gasteiger partial charge in [-0.25, -0.2) is 8.42 Å². The molecule has 1 unspecified atom stereocenters. The van der Waals surface area contributed by atoms with Crippen molar-refractivity contribution in [2.24, 2.45) is 12.8 Å². The number of amides is 1. The second-order valence-corrected chi connectivity index (χ2v) is 7.60. The first kappa shape index (κ1) is 15.8. The summed E-state index contributed by atoms with van der Waals surface area (Å²) in [7, 11) is -1.79. The molecule has 23 heavy (non-hydrogen) atoms. The molecule has 1 fully saturated rings. The molecule has 124 valence electrons. The number of primary amides is 1. The Kier molecular flexibility index (Phi) is 3.77. The third-order valence-corrected chi connectivity index (χ3v) is 5.25. The van der Waals surface area contributed by atoms with Crippen LogP contribution in [-0.4, -0.2) is 49.5 Å². The number of nitrogens with zero attached hydrogens (tertiary/aromatic N) is 3. The van der Waals surface area contributed by atoms with E-state index >= 15 is 0 Å². The van der Waals surface area contributed by atoms with E-state index in [2.05, 4.69) is 10.4 Å². The first-order valence-electron chi connectivity index (χ1n) is 7.25. The lowest BCUT2D eigenvalue weighted by Crippen LogP contribution is -2.41. The first-order chi connectivity index (χ1) is 10.8. The summed E-state index contributed by atoms with van der Waals surface area (Å²) in [5.41, 5.74) is 6.77. The quantitative estimate of drug-likeness (QED) is 0.803. The smallest absolute Gasteiger partial charge is 0.267 e. The predicted octanol–water partition coefficient (Wildman–Crippen LogP) is -0.200.